The smallest absolute Gasteiger partial charge is 0.291 e. The number of amides is 1. The molecule has 3 rings (SSSR count). The molecule has 5 nitrogen and oxygen atoms in total. The number of nitrogens with one attached hydrogen (secondary N) is 1. The molecule has 1 amide bonds. The van der Waals surface area contributed by atoms with Gasteiger partial charge in [-0.2, -0.15) is 0 Å². The van der Waals surface area contributed by atoms with Gasteiger partial charge in [0.25, 0.3) is 5.91 Å². The number of para-hydroxylation sites is 1. The van der Waals surface area contributed by atoms with Gasteiger partial charge in [0.05, 0.1) is 10.6 Å². The molecule has 0 aliphatic heterocycles. The third-order valence-corrected chi connectivity index (χ3v) is 4.41. The number of nitrogens with zero attached hydrogens (tertiary/aromatic N) is 3. The van der Waals surface area contributed by atoms with Crippen molar-refractivity contribution in [2.45, 2.75) is 26.3 Å². The first-order valence-electron chi connectivity index (χ1n) is 7.56. The highest BCUT2D eigenvalue weighted by Crippen LogP contribution is 2.25. The van der Waals surface area contributed by atoms with E-state index in [1.165, 1.54) is 0 Å². The van der Waals surface area contributed by atoms with Gasteiger partial charge in [0.15, 0.2) is 5.82 Å². The summed E-state index contributed by atoms with van der Waals surface area (Å²) in [7, 11) is 0. The predicted octanol–water partition coefficient (Wildman–Crippen LogP) is 3.52. The van der Waals surface area contributed by atoms with Crippen LogP contribution in [0.2, 0.25) is 0 Å². The Morgan fingerprint density at radius 1 is 1.26 bits per heavy atom. The maximum Gasteiger partial charge on any atom is 0.291 e. The topological polar surface area (TPSA) is 59.8 Å². The van der Waals surface area contributed by atoms with Crippen LogP contribution >= 0.6 is 11.3 Å². The normalized spacial score (nSPS) is 12.1. The van der Waals surface area contributed by atoms with Gasteiger partial charge in [0.1, 0.15) is 0 Å². The summed E-state index contributed by atoms with van der Waals surface area (Å²) in [4.78, 5) is 17.8. The number of benzene rings is 1. The van der Waals surface area contributed by atoms with Gasteiger partial charge < -0.3 is 5.32 Å². The Balaban J connectivity index is 2.02. The van der Waals surface area contributed by atoms with Crippen molar-refractivity contribution in [3.05, 3.63) is 53.7 Å². The van der Waals surface area contributed by atoms with E-state index in [9.17, 15) is 4.79 Å². The quantitative estimate of drug-likeness (QED) is 0.780. The minimum atomic E-state index is -0.244. The lowest BCUT2D eigenvalue weighted by Gasteiger charge is -2.08. The lowest BCUT2D eigenvalue weighted by Crippen LogP contribution is -2.32. The number of thiophene rings is 1. The first-order valence-corrected chi connectivity index (χ1v) is 8.44. The Hall–Kier alpha value is -2.47. The molecule has 0 saturated heterocycles. The molecular weight excluding hydrogens is 308 g/mol. The summed E-state index contributed by atoms with van der Waals surface area (Å²) in [5, 5.41) is 9.32. The van der Waals surface area contributed by atoms with E-state index in [1.807, 2.05) is 61.7 Å². The summed E-state index contributed by atoms with van der Waals surface area (Å²) in [5.41, 5.74) is 0.881. The Labute approximate surface area is 139 Å². The van der Waals surface area contributed by atoms with Crippen LogP contribution in [0.5, 0.6) is 0 Å². The van der Waals surface area contributed by atoms with Crippen LogP contribution < -0.4 is 5.32 Å². The van der Waals surface area contributed by atoms with E-state index in [4.69, 9.17) is 0 Å². The van der Waals surface area contributed by atoms with Crippen molar-refractivity contribution < 1.29 is 4.79 Å². The number of hydrogen-bond acceptors (Lipinski definition) is 4. The van der Waals surface area contributed by atoms with Crippen LogP contribution in [0.4, 0.5) is 0 Å². The molecule has 118 valence electrons. The Bertz CT molecular complexity index is 780. The third-order valence-electron chi connectivity index (χ3n) is 3.54. The van der Waals surface area contributed by atoms with E-state index in [-0.39, 0.29) is 17.8 Å². The second-order valence-electron chi connectivity index (χ2n) is 5.27. The molecule has 3 aromatic rings. The van der Waals surface area contributed by atoms with Crippen molar-refractivity contribution in [3.63, 3.8) is 0 Å². The van der Waals surface area contributed by atoms with Crippen LogP contribution in [0, 0.1) is 0 Å². The molecule has 0 aliphatic carbocycles. The summed E-state index contributed by atoms with van der Waals surface area (Å²) in [6, 6.07) is 13.7. The van der Waals surface area contributed by atoms with E-state index in [2.05, 4.69) is 15.4 Å². The molecule has 0 saturated carbocycles. The Kier molecular flexibility index (Phi) is 4.52. The van der Waals surface area contributed by atoms with Crippen molar-refractivity contribution in [3.8, 4) is 16.4 Å². The van der Waals surface area contributed by atoms with Crippen LogP contribution in [-0.2, 0) is 0 Å². The van der Waals surface area contributed by atoms with Crippen molar-refractivity contribution in [2.75, 3.05) is 0 Å². The molecule has 0 spiro atoms. The average Bonchev–Trinajstić information content (AvgIpc) is 3.24. The molecule has 2 aromatic heterocycles. The molecule has 1 unspecified atom stereocenters. The number of aromatic nitrogens is 3. The first kappa shape index (κ1) is 15.4. The van der Waals surface area contributed by atoms with Crippen molar-refractivity contribution >= 4 is 17.2 Å². The molecular formula is C17H18N4OS. The van der Waals surface area contributed by atoms with Crippen molar-refractivity contribution in [1.29, 1.82) is 0 Å². The van der Waals surface area contributed by atoms with Gasteiger partial charge in [0.2, 0.25) is 5.82 Å². The summed E-state index contributed by atoms with van der Waals surface area (Å²) < 4.78 is 1.72. The molecule has 2 heterocycles. The molecule has 0 radical (unpaired) electrons. The van der Waals surface area contributed by atoms with E-state index in [0.29, 0.717) is 5.82 Å². The van der Waals surface area contributed by atoms with Gasteiger partial charge in [-0.15, -0.1) is 16.4 Å². The Morgan fingerprint density at radius 2 is 2.04 bits per heavy atom. The molecule has 1 atom stereocenters. The molecule has 0 aliphatic rings. The van der Waals surface area contributed by atoms with E-state index < -0.39 is 0 Å². The molecule has 1 N–H and O–H groups in total. The second kappa shape index (κ2) is 6.75. The van der Waals surface area contributed by atoms with Crippen LogP contribution in [0.1, 0.15) is 30.9 Å². The monoisotopic (exact) mass is 326 g/mol. The highest BCUT2D eigenvalue weighted by atomic mass is 32.1. The Morgan fingerprint density at radius 3 is 2.70 bits per heavy atom. The second-order valence-corrected chi connectivity index (χ2v) is 6.21. The largest absolute Gasteiger partial charge is 0.347 e. The zero-order valence-corrected chi connectivity index (χ0v) is 13.9. The first-order chi connectivity index (χ1) is 11.2. The minimum absolute atomic E-state index is 0.0939. The maximum absolute atomic E-state index is 12.3. The fourth-order valence-electron chi connectivity index (χ4n) is 2.11. The standard InChI is InChI=1S/C17H18N4OS/c1-3-12(2)18-17(22)15-19-16(14-10-7-11-23-14)21(20-15)13-8-5-4-6-9-13/h4-12H,3H2,1-2H3,(H,18,22). The highest BCUT2D eigenvalue weighted by Gasteiger charge is 2.19. The summed E-state index contributed by atoms with van der Waals surface area (Å²) in [6.45, 7) is 3.99. The van der Waals surface area contributed by atoms with E-state index in [1.54, 1.807) is 16.0 Å². The minimum Gasteiger partial charge on any atom is -0.347 e. The molecule has 1 aromatic carbocycles. The van der Waals surface area contributed by atoms with Crippen molar-refractivity contribution in [2.24, 2.45) is 0 Å². The van der Waals surface area contributed by atoms with Crippen LogP contribution in [-0.4, -0.2) is 26.7 Å². The summed E-state index contributed by atoms with van der Waals surface area (Å²) in [6.07, 6.45) is 0.864. The molecule has 23 heavy (non-hydrogen) atoms. The number of rotatable bonds is 5. The molecule has 6 heteroatoms. The number of hydrogen-bond donors (Lipinski definition) is 1. The molecule has 0 fully saturated rings. The van der Waals surface area contributed by atoms with Crippen LogP contribution in [0.3, 0.4) is 0 Å². The van der Waals surface area contributed by atoms with Gasteiger partial charge in [-0.3, -0.25) is 4.79 Å². The zero-order chi connectivity index (χ0) is 16.2. The molecule has 0 bridgehead atoms. The lowest BCUT2D eigenvalue weighted by atomic mass is 10.2. The fraction of sp³-hybridized carbons (Fsp3) is 0.235. The fourth-order valence-corrected chi connectivity index (χ4v) is 2.81. The van der Waals surface area contributed by atoms with E-state index in [0.717, 1.165) is 17.0 Å². The number of carbonyl (C=O) groups is 1. The summed E-state index contributed by atoms with van der Waals surface area (Å²) >= 11 is 1.57. The van der Waals surface area contributed by atoms with E-state index >= 15 is 0 Å². The highest BCUT2D eigenvalue weighted by molar-refractivity contribution is 7.13. The van der Waals surface area contributed by atoms with Gasteiger partial charge in [-0.05, 0) is 36.9 Å². The van der Waals surface area contributed by atoms with Gasteiger partial charge >= 0.3 is 0 Å². The van der Waals surface area contributed by atoms with Gasteiger partial charge in [0, 0.05) is 6.04 Å². The van der Waals surface area contributed by atoms with Gasteiger partial charge in [-0.25, -0.2) is 9.67 Å². The summed E-state index contributed by atoms with van der Waals surface area (Å²) in [5.74, 6) is 0.630. The van der Waals surface area contributed by atoms with Gasteiger partial charge in [-0.1, -0.05) is 31.2 Å². The van der Waals surface area contributed by atoms with Crippen LogP contribution in [0.15, 0.2) is 47.8 Å². The maximum atomic E-state index is 12.3. The SMILES string of the molecule is CCC(C)NC(=O)c1nc(-c2cccs2)n(-c2ccccc2)n1. The third kappa shape index (κ3) is 3.32. The zero-order valence-electron chi connectivity index (χ0n) is 13.1. The number of carbonyl (C=O) groups excluding carboxylic acids is 1. The van der Waals surface area contributed by atoms with Crippen molar-refractivity contribution in [1.82, 2.24) is 20.1 Å². The van der Waals surface area contributed by atoms with Crippen LogP contribution in [0.25, 0.3) is 16.4 Å². The lowest BCUT2D eigenvalue weighted by molar-refractivity contribution is 0.0929. The predicted molar refractivity (Wildman–Crippen MR) is 91.9 cm³/mol. The average molecular weight is 326 g/mol.